The minimum atomic E-state index is 0.601. The summed E-state index contributed by atoms with van der Waals surface area (Å²) in [7, 11) is 0. The van der Waals surface area contributed by atoms with Gasteiger partial charge in [0.2, 0.25) is 0 Å². The van der Waals surface area contributed by atoms with Crippen molar-refractivity contribution in [2.45, 2.75) is 0 Å². The third-order valence-corrected chi connectivity index (χ3v) is 9.39. The number of hydrogen-bond donors (Lipinski definition) is 0. The molecule has 0 radical (unpaired) electrons. The molecule has 0 aliphatic carbocycles. The minimum Gasteiger partial charge on any atom is -0.456 e. The molecule has 0 fully saturated rings. The van der Waals surface area contributed by atoms with Crippen LogP contribution in [0.4, 0.5) is 0 Å². The van der Waals surface area contributed by atoms with Gasteiger partial charge in [-0.1, -0.05) is 78.9 Å². The SMILES string of the molecule is c1ccc2c(c1)nc1c3nc(-c4ccc5c(c4)oc4ccccc45)nc(-c4ccc5c(c4)oc4ccccc45)c3c3ccccc3n21. The van der Waals surface area contributed by atoms with Gasteiger partial charge in [-0.2, -0.15) is 0 Å². The van der Waals surface area contributed by atoms with Crippen LogP contribution < -0.4 is 0 Å². The molecule has 0 bridgehead atoms. The van der Waals surface area contributed by atoms with E-state index in [9.17, 15) is 0 Å². The summed E-state index contributed by atoms with van der Waals surface area (Å²) in [6.07, 6.45) is 0. The molecule has 11 rings (SSSR count). The summed E-state index contributed by atoms with van der Waals surface area (Å²) in [6.45, 7) is 0. The minimum absolute atomic E-state index is 0.601. The first kappa shape index (κ1) is 24.8. The molecular weight excluding hydrogens is 580 g/mol. The molecule has 0 aliphatic rings. The quantitative estimate of drug-likeness (QED) is 0.184. The summed E-state index contributed by atoms with van der Waals surface area (Å²) < 4.78 is 14.8. The van der Waals surface area contributed by atoms with Gasteiger partial charge in [-0.15, -0.1) is 0 Å². The molecule has 0 atom stereocenters. The topological polar surface area (TPSA) is 69.4 Å². The average Bonchev–Trinajstić information content (AvgIpc) is 3.82. The van der Waals surface area contributed by atoms with Gasteiger partial charge in [-0.3, -0.25) is 4.40 Å². The summed E-state index contributed by atoms with van der Waals surface area (Å²) in [5.74, 6) is 0.601. The van der Waals surface area contributed by atoms with Crippen molar-refractivity contribution in [3.63, 3.8) is 0 Å². The van der Waals surface area contributed by atoms with Gasteiger partial charge in [-0.25, -0.2) is 15.0 Å². The van der Waals surface area contributed by atoms with E-state index < -0.39 is 0 Å². The van der Waals surface area contributed by atoms with Gasteiger partial charge in [0.1, 0.15) is 27.8 Å². The standard InChI is InChI=1S/C41H22N4O2/c1-5-13-31-29(11-1)37-38(23-17-19-27-25-9-2-7-15-33(25)46-35(27)21-23)43-40(44-39(37)41-42-30-12-4-6-14-32(30)45(31)41)24-18-20-28-26-10-3-8-16-34(26)47-36(28)22-24/h1-22H. The zero-order chi connectivity index (χ0) is 30.6. The fraction of sp³-hybridized carbons (Fsp3) is 0. The zero-order valence-corrected chi connectivity index (χ0v) is 24.8. The highest BCUT2D eigenvalue weighted by Gasteiger charge is 2.22. The number of fused-ring (bicyclic) bond motifs is 14. The molecule has 0 N–H and O–H groups in total. The lowest BCUT2D eigenvalue weighted by molar-refractivity contribution is 0.668. The number of furan rings is 2. The van der Waals surface area contributed by atoms with Gasteiger partial charge < -0.3 is 8.83 Å². The fourth-order valence-electron chi connectivity index (χ4n) is 7.26. The maximum atomic E-state index is 6.34. The molecule has 5 aromatic heterocycles. The molecule has 0 saturated carbocycles. The molecule has 6 nitrogen and oxygen atoms in total. The highest BCUT2D eigenvalue weighted by molar-refractivity contribution is 6.18. The Hall–Kier alpha value is -6.53. The average molecular weight is 603 g/mol. The first-order valence-corrected chi connectivity index (χ1v) is 15.6. The predicted molar refractivity (Wildman–Crippen MR) is 189 cm³/mol. The molecule has 0 spiro atoms. The van der Waals surface area contributed by atoms with Crippen molar-refractivity contribution in [2.75, 3.05) is 0 Å². The van der Waals surface area contributed by atoms with Gasteiger partial charge in [0, 0.05) is 43.4 Å². The van der Waals surface area contributed by atoms with E-state index in [0.717, 1.165) is 99.2 Å². The molecule has 5 heterocycles. The normalized spacial score (nSPS) is 12.3. The van der Waals surface area contributed by atoms with Crippen LogP contribution in [0.15, 0.2) is 142 Å². The third kappa shape index (κ3) is 3.41. The second-order valence-electron chi connectivity index (χ2n) is 12.0. The Bertz CT molecular complexity index is 3090. The van der Waals surface area contributed by atoms with Crippen LogP contribution in [-0.2, 0) is 0 Å². The van der Waals surface area contributed by atoms with Crippen LogP contribution in [0.5, 0.6) is 0 Å². The lowest BCUT2D eigenvalue weighted by Crippen LogP contribution is -2.00. The van der Waals surface area contributed by atoms with E-state index in [0.29, 0.717) is 5.82 Å². The van der Waals surface area contributed by atoms with E-state index in [1.807, 2.05) is 48.5 Å². The fourth-order valence-corrected chi connectivity index (χ4v) is 7.26. The van der Waals surface area contributed by atoms with Crippen LogP contribution >= 0.6 is 0 Å². The van der Waals surface area contributed by atoms with Crippen molar-refractivity contribution in [1.82, 2.24) is 19.4 Å². The van der Waals surface area contributed by atoms with Crippen molar-refractivity contribution in [3.05, 3.63) is 133 Å². The summed E-state index contributed by atoms with van der Waals surface area (Å²) in [6, 6.07) is 45.5. The Balaban J connectivity index is 1.28. The summed E-state index contributed by atoms with van der Waals surface area (Å²) in [5, 5.41) is 6.33. The molecule has 0 unspecified atom stereocenters. The van der Waals surface area contributed by atoms with Gasteiger partial charge in [0.05, 0.1) is 22.2 Å². The Labute approximate surface area is 266 Å². The van der Waals surface area contributed by atoms with Crippen LogP contribution in [0.2, 0.25) is 0 Å². The summed E-state index contributed by atoms with van der Waals surface area (Å²) >= 11 is 0. The Kier molecular flexibility index (Phi) is 4.75. The maximum Gasteiger partial charge on any atom is 0.165 e. The van der Waals surface area contributed by atoms with Crippen molar-refractivity contribution in [3.8, 4) is 22.6 Å². The highest BCUT2D eigenvalue weighted by atomic mass is 16.3. The number of nitrogens with zero attached hydrogens (tertiary/aromatic N) is 4. The first-order valence-electron chi connectivity index (χ1n) is 15.6. The van der Waals surface area contributed by atoms with E-state index in [4.69, 9.17) is 23.8 Å². The number of benzene rings is 6. The molecule has 0 saturated heterocycles. The molecule has 218 valence electrons. The largest absolute Gasteiger partial charge is 0.456 e. The number of aromatic nitrogens is 4. The van der Waals surface area contributed by atoms with Crippen molar-refractivity contribution in [1.29, 1.82) is 0 Å². The van der Waals surface area contributed by atoms with E-state index in [1.165, 1.54) is 0 Å². The Morgan fingerprint density at radius 2 is 1.02 bits per heavy atom. The Morgan fingerprint density at radius 1 is 0.447 bits per heavy atom. The van der Waals surface area contributed by atoms with Crippen LogP contribution in [0.1, 0.15) is 0 Å². The molecular formula is C41H22N4O2. The molecule has 6 heteroatoms. The lowest BCUT2D eigenvalue weighted by atomic mass is 10.0. The molecule has 0 amide bonds. The molecule has 0 aliphatic heterocycles. The third-order valence-electron chi connectivity index (χ3n) is 9.39. The molecule has 11 aromatic rings. The second-order valence-corrected chi connectivity index (χ2v) is 12.0. The van der Waals surface area contributed by atoms with E-state index >= 15 is 0 Å². The highest BCUT2D eigenvalue weighted by Crippen LogP contribution is 2.40. The smallest absolute Gasteiger partial charge is 0.165 e. The number of hydrogen-bond acceptors (Lipinski definition) is 5. The van der Waals surface area contributed by atoms with E-state index in [-0.39, 0.29) is 0 Å². The van der Waals surface area contributed by atoms with Gasteiger partial charge in [0.25, 0.3) is 0 Å². The predicted octanol–water partition coefficient (Wildman–Crippen LogP) is 10.7. The van der Waals surface area contributed by atoms with Crippen LogP contribution in [0, 0.1) is 0 Å². The van der Waals surface area contributed by atoms with E-state index in [1.54, 1.807) is 0 Å². The van der Waals surface area contributed by atoms with Gasteiger partial charge >= 0.3 is 0 Å². The monoisotopic (exact) mass is 602 g/mol. The number of rotatable bonds is 2. The summed E-state index contributed by atoms with van der Waals surface area (Å²) in [4.78, 5) is 15.8. The first-order chi connectivity index (χ1) is 23.3. The van der Waals surface area contributed by atoms with Crippen LogP contribution in [0.3, 0.4) is 0 Å². The Morgan fingerprint density at radius 3 is 1.77 bits per heavy atom. The molecule has 6 aromatic carbocycles. The number of imidazole rings is 1. The second kappa shape index (κ2) is 9.02. The van der Waals surface area contributed by atoms with Crippen molar-refractivity contribution < 1.29 is 8.83 Å². The van der Waals surface area contributed by atoms with Crippen LogP contribution in [-0.4, -0.2) is 19.4 Å². The van der Waals surface area contributed by atoms with Gasteiger partial charge in [-0.05, 0) is 54.6 Å². The van der Waals surface area contributed by atoms with Crippen molar-refractivity contribution in [2.24, 2.45) is 0 Å². The maximum absolute atomic E-state index is 6.34. The number of pyridine rings is 1. The van der Waals surface area contributed by atoms with Gasteiger partial charge in [0.15, 0.2) is 11.5 Å². The summed E-state index contributed by atoms with van der Waals surface area (Å²) in [5.41, 5.74) is 10.6. The van der Waals surface area contributed by atoms with E-state index in [2.05, 4.69) is 89.3 Å². The molecule has 47 heavy (non-hydrogen) atoms. The lowest BCUT2D eigenvalue weighted by Gasteiger charge is -2.14. The zero-order valence-electron chi connectivity index (χ0n) is 24.8. The van der Waals surface area contributed by atoms with Crippen molar-refractivity contribution >= 4 is 82.4 Å². The number of para-hydroxylation sites is 5. The van der Waals surface area contributed by atoms with Crippen LogP contribution in [0.25, 0.3) is 105 Å².